The van der Waals surface area contributed by atoms with Gasteiger partial charge in [-0.25, -0.2) is 0 Å². The zero-order valence-electron chi connectivity index (χ0n) is 12.8. The molecule has 114 valence electrons. The minimum absolute atomic E-state index is 0.141. The standard InChI is InChI=1S/C17H14N4O2/c1-11-8-12(2)21(17(22)14(11)9-18)10-15-19-16(23-20-15)13-6-4-3-5-7-13/h3-8H,10H2,1-2H3. The molecule has 0 saturated carbocycles. The second kappa shape index (κ2) is 5.89. The first-order valence-corrected chi connectivity index (χ1v) is 7.09. The number of hydrogen-bond acceptors (Lipinski definition) is 5. The third-order valence-electron chi connectivity index (χ3n) is 3.60. The van der Waals surface area contributed by atoms with Crippen LogP contribution in [0, 0.1) is 25.2 Å². The Balaban J connectivity index is 1.97. The third kappa shape index (κ3) is 2.77. The first-order chi connectivity index (χ1) is 11.1. The van der Waals surface area contributed by atoms with Gasteiger partial charge in [0.25, 0.3) is 11.4 Å². The van der Waals surface area contributed by atoms with Crippen LogP contribution in [0.1, 0.15) is 22.6 Å². The van der Waals surface area contributed by atoms with E-state index in [9.17, 15) is 4.79 Å². The Kier molecular flexibility index (Phi) is 3.77. The van der Waals surface area contributed by atoms with Crippen molar-refractivity contribution in [1.29, 1.82) is 5.26 Å². The molecule has 0 N–H and O–H groups in total. The molecule has 0 fully saturated rings. The molecular formula is C17H14N4O2. The van der Waals surface area contributed by atoms with E-state index >= 15 is 0 Å². The number of hydrogen-bond donors (Lipinski definition) is 0. The Morgan fingerprint density at radius 1 is 1.26 bits per heavy atom. The van der Waals surface area contributed by atoms with Crippen molar-refractivity contribution < 1.29 is 4.52 Å². The number of benzene rings is 1. The lowest BCUT2D eigenvalue weighted by atomic mass is 10.1. The summed E-state index contributed by atoms with van der Waals surface area (Å²) in [6.45, 7) is 3.73. The molecule has 0 spiro atoms. The highest BCUT2D eigenvalue weighted by molar-refractivity contribution is 5.52. The van der Waals surface area contributed by atoms with Gasteiger partial charge < -0.3 is 9.09 Å². The van der Waals surface area contributed by atoms with E-state index in [2.05, 4.69) is 10.1 Å². The van der Waals surface area contributed by atoms with Crippen molar-refractivity contribution >= 4 is 0 Å². The van der Waals surface area contributed by atoms with E-state index in [-0.39, 0.29) is 17.7 Å². The second-order valence-corrected chi connectivity index (χ2v) is 5.23. The van der Waals surface area contributed by atoms with Crippen LogP contribution >= 0.6 is 0 Å². The minimum atomic E-state index is -0.337. The van der Waals surface area contributed by atoms with Gasteiger partial charge in [-0.05, 0) is 37.6 Å². The summed E-state index contributed by atoms with van der Waals surface area (Å²) in [5.74, 6) is 0.792. The molecule has 0 bridgehead atoms. The van der Waals surface area contributed by atoms with Crippen LogP contribution in [0.3, 0.4) is 0 Å². The fourth-order valence-corrected chi connectivity index (χ4v) is 2.42. The summed E-state index contributed by atoms with van der Waals surface area (Å²) in [4.78, 5) is 16.7. The quantitative estimate of drug-likeness (QED) is 0.742. The Morgan fingerprint density at radius 2 is 2.00 bits per heavy atom. The van der Waals surface area contributed by atoms with Crippen LogP contribution in [0.2, 0.25) is 0 Å². The highest BCUT2D eigenvalue weighted by Crippen LogP contribution is 2.16. The summed E-state index contributed by atoms with van der Waals surface area (Å²) in [7, 11) is 0. The fourth-order valence-electron chi connectivity index (χ4n) is 2.42. The molecule has 0 aliphatic heterocycles. The molecule has 0 amide bonds. The molecule has 3 aromatic rings. The summed E-state index contributed by atoms with van der Waals surface area (Å²) in [6.07, 6.45) is 0. The van der Waals surface area contributed by atoms with Crippen LogP contribution in [0.4, 0.5) is 0 Å². The lowest BCUT2D eigenvalue weighted by Crippen LogP contribution is -2.26. The Bertz CT molecular complexity index is 949. The molecule has 3 rings (SSSR count). The van der Waals surface area contributed by atoms with Gasteiger partial charge in [0.2, 0.25) is 0 Å². The predicted molar refractivity (Wildman–Crippen MR) is 83.7 cm³/mol. The lowest BCUT2D eigenvalue weighted by Gasteiger charge is -2.09. The third-order valence-corrected chi connectivity index (χ3v) is 3.60. The van der Waals surface area contributed by atoms with Crippen molar-refractivity contribution in [2.75, 3.05) is 0 Å². The van der Waals surface area contributed by atoms with E-state index < -0.39 is 0 Å². The van der Waals surface area contributed by atoms with Gasteiger partial charge in [-0.3, -0.25) is 4.79 Å². The Morgan fingerprint density at radius 3 is 2.70 bits per heavy atom. The summed E-state index contributed by atoms with van der Waals surface area (Å²) in [5.41, 5.74) is 2.04. The molecule has 0 radical (unpaired) electrons. The van der Waals surface area contributed by atoms with Crippen LogP contribution in [-0.2, 0) is 6.54 Å². The van der Waals surface area contributed by atoms with Crippen molar-refractivity contribution in [1.82, 2.24) is 14.7 Å². The van der Waals surface area contributed by atoms with Crippen LogP contribution in [0.15, 0.2) is 45.7 Å². The van der Waals surface area contributed by atoms with Crippen molar-refractivity contribution in [3.63, 3.8) is 0 Å². The predicted octanol–water partition coefficient (Wildman–Crippen LogP) is 2.44. The lowest BCUT2D eigenvalue weighted by molar-refractivity contribution is 0.419. The molecule has 0 unspecified atom stereocenters. The van der Waals surface area contributed by atoms with Gasteiger partial charge in [-0.1, -0.05) is 23.4 Å². The molecule has 2 aromatic heterocycles. The maximum absolute atomic E-state index is 12.4. The van der Waals surface area contributed by atoms with Crippen molar-refractivity contribution in [2.45, 2.75) is 20.4 Å². The zero-order chi connectivity index (χ0) is 16.4. The van der Waals surface area contributed by atoms with Crippen LogP contribution in [-0.4, -0.2) is 14.7 Å². The molecule has 6 heteroatoms. The topological polar surface area (TPSA) is 84.7 Å². The number of rotatable bonds is 3. The van der Waals surface area contributed by atoms with Crippen LogP contribution in [0.5, 0.6) is 0 Å². The monoisotopic (exact) mass is 306 g/mol. The number of aryl methyl sites for hydroxylation is 2. The second-order valence-electron chi connectivity index (χ2n) is 5.23. The molecule has 6 nitrogen and oxygen atoms in total. The van der Waals surface area contributed by atoms with Gasteiger partial charge in [0.1, 0.15) is 11.6 Å². The van der Waals surface area contributed by atoms with Crippen molar-refractivity contribution in [3.8, 4) is 17.5 Å². The number of pyridine rings is 1. The fraction of sp³-hybridized carbons (Fsp3) is 0.176. The van der Waals surface area contributed by atoms with E-state index in [1.807, 2.05) is 43.3 Å². The van der Waals surface area contributed by atoms with E-state index in [4.69, 9.17) is 9.78 Å². The summed E-state index contributed by atoms with van der Waals surface area (Å²) >= 11 is 0. The van der Waals surface area contributed by atoms with Gasteiger partial charge in [-0.15, -0.1) is 0 Å². The van der Waals surface area contributed by atoms with Gasteiger partial charge in [0.05, 0.1) is 6.54 Å². The summed E-state index contributed by atoms with van der Waals surface area (Å²) < 4.78 is 6.72. The summed E-state index contributed by atoms with van der Waals surface area (Å²) in [6, 6.07) is 13.2. The molecule has 1 aromatic carbocycles. The van der Waals surface area contributed by atoms with Crippen LogP contribution in [0.25, 0.3) is 11.5 Å². The molecule has 23 heavy (non-hydrogen) atoms. The molecule has 0 aliphatic carbocycles. The van der Waals surface area contributed by atoms with E-state index in [1.165, 1.54) is 4.57 Å². The molecule has 2 heterocycles. The number of nitriles is 1. The van der Waals surface area contributed by atoms with Gasteiger partial charge >= 0.3 is 0 Å². The molecule has 0 saturated heterocycles. The average Bonchev–Trinajstić information content (AvgIpc) is 3.01. The smallest absolute Gasteiger partial charge is 0.269 e. The zero-order valence-corrected chi connectivity index (χ0v) is 12.8. The molecular weight excluding hydrogens is 292 g/mol. The highest BCUT2D eigenvalue weighted by Gasteiger charge is 2.14. The maximum Gasteiger partial charge on any atom is 0.269 e. The first kappa shape index (κ1) is 14.7. The average molecular weight is 306 g/mol. The highest BCUT2D eigenvalue weighted by atomic mass is 16.5. The number of aromatic nitrogens is 3. The molecule has 0 aliphatic rings. The normalized spacial score (nSPS) is 10.5. The largest absolute Gasteiger partial charge is 0.334 e. The van der Waals surface area contributed by atoms with Gasteiger partial charge in [0, 0.05) is 11.3 Å². The molecule has 0 atom stereocenters. The Hall–Kier alpha value is -3.20. The summed E-state index contributed by atoms with van der Waals surface area (Å²) in [5, 5.41) is 13.0. The van der Waals surface area contributed by atoms with Gasteiger partial charge in [0.15, 0.2) is 5.82 Å². The van der Waals surface area contributed by atoms with Crippen molar-refractivity contribution in [3.05, 3.63) is 69.4 Å². The minimum Gasteiger partial charge on any atom is -0.334 e. The van der Waals surface area contributed by atoms with E-state index in [0.717, 1.165) is 11.3 Å². The first-order valence-electron chi connectivity index (χ1n) is 7.09. The Labute approximate surface area is 132 Å². The number of nitrogens with zero attached hydrogens (tertiary/aromatic N) is 4. The maximum atomic E-state index is 12.4. The van der Waals surface area contributed by atoms with Crippen LogP contribution < -0.4 is 5.56 Å². The SMILES string of the molecule is Cc1cc(C)n(Cc2noc(-c3ccccc3)n2)c(=O)c1C#N. The van der Waals surface area contributed by atoms with E-state index in [1.54, 1.807) is 13.0 Å². The van der Waals surface area contributed by atoms with Crippen molar-refractivity contribution in [2.24, 2.45) is 0 Å². The van der Waals surface area contributed by atoms with Gasteiger partial charge in [-0.2, -0.15) is 10.2 Å². The van der Waals surface area contributed by atoms with E-state index in [0.29, 0.717) is 17.3 Å².